The number of methoxy groups -OCH3 is 2. The summed E-state index contributed by atoms with van der Waals surface area (Å²) in [6, 6.07) is 9.14. The predicted molar refractivity (Wildman–Crippen MR) is 96.3 cm³/mol. The number of benzene rings is 2. The molecule has 0 fully saturated rings. The van der Waals surface area contributed by atoms with Crippen LogP contribution in [0.2, 0.25) is 0 Å². The van der Waals surface area contributed by atoms with Gasteiger partial charge in [0.25, 0.3) is 11.6 Å². The fraction of sp³-hybridized carbons (Fsp3) is 0.167. The molecule has 28 heavy (non-hydrogen) atoms. The average Bonchev–Trinajstić information content (AvgIpc) is 2.71. The number of nitrogens with zero attached hydrogens (tertiary/aromatic N) is 1. The van der Waals surface area contributed by atoms with Crippen molar-refractivity contribution in [1.82, 2.24) is 0 Å². The highest BCUT2D eigenvalue weighted by atomic mass is 16.6. The third-order valence-corrected chi connectivity index (χ3v) is 3.54. The Kier molecular flexibility index (Phi) is 6.63. The number of rotatable bonds is 7. The van der Waals surface area contributed by atoms with Crippen LogP contribution in [0.1, 0.15) is 20.7 Å². The quantitative estimate of drug-likeness (QED) is 0.433. The molecule has 0 saturated carbocycles. The molecule has 2 aromatic carbocycles. The van der Waals surface area contributed by atoms with Gasteiger partial charge in [0, 0.05) is 12.1 Å². The van der Waals surface area contributed by atoms with Crippen molar-refractivity contribution >= 4 is 29.2 Å². The molecule has 0 aliphatic rings. The summed E-state index contributed by atoms with van der Waals surface area (Å²) in [4.78, 5) is 45.7. The molecule has 0 aliphatic carbocycles. The molecule has 0 unspecified atom stereocenters. The van der Waals surface area contributed by atoms with E-state index >= 15 is 0 Å². The van der Waals surface area contributed by atoms with E-state index in [0.29, 0.717) is 0 Å². The Hall–Kier alpha value is -3.95. The number of ether oxygens (including phenoxy) is 3. The number of hydrogen-bond donors (Lipinski definition) is 1. The fourth-order valence-corrected chi connectivity index (χ4v) is 2.18. The number of hydrogen-bond acceptors (Lipinski definition) is 8. The smallest absolute Gasteiger partial charge is 0.339 e. The van der Waals surface area contributed by atoms with E-state index in [1.54, 1.807) is 0 Å². The van der Waals surface area contributed by atoms with Crippen molar-refractivity contribution in [3.8, 4) is 5.75 Å². The van der Waals surface area contributed by atoms with Gasteiger partial charge in [-0.15, -0.1) is 0 Å². The summed E-state index contributed by atoms with van der Waals surface area (Å²) in [7, 11) is 2.38. The van der Waals surface area contributed by atoms with E-state index in [2.05, 4.69) is 14.8 Å². The van der Waals surface area contributed by atoms with Gasteiger partial charge in [-0.25, -0.2) is 9.59 Å². The third kappa shape index (κ3) is 5.04. The molecular weight excluding hydrogens is 372 g/mol. The highest BCUT2D eigenvalue weighted by molar-refractivity contribution is 6.03. The van der Waals surface area contributed by atoms with Crippen LogP contribution in [-0.2, 0) is 14.3 Å². The van der Waals surface area contributed by atoms with Crippen LogP contribution in [0.4, 0.5) is 11.4 Å². The van der Waals surface area contributed by atoms with E-state index in [1.165, 1.54) is 56.7 Å². The first-order valence-corrected chi connectivity index (χ1v) is 7.83. The molecule has 0 saturated heterocycles. The predicted octanol–water partition coefficient (Wildman–Crippen LogP) is 2.19. The third-order valence-electron chi connectivity index (χ3n) is 3.54. The van der Waals surface area contributed by atoms with Crippen LogP contribution >= 0.6 is 0 Å². The van der Waals surface area contributed by atoms with Gasteiger partial charge in [-0.2, -0.15) is 0 Å². The summed E-state index contributed by atoms with van der Waals surface area (Å²) in [5, 5.41) is 13.1. The summed E-state index contributed by atoms with van der Waals surface area (Å²) in [6.45, 7) is -0.430. The van der Waals surface area contributed by atoms with Gasteiger partial charge >= 0.3 is 11.9 Å². The molecule has 10 nitrogen and oxygen atoms in total. The molecule has 0 heterocycles. The largest absolute Gasteiger partial charge is 0.484 e. The Bertz CT molecular complexity index is 908. The molecule has 146 valence electrons. The second-order valence-corrected chi connectivity index (χ2v) is 5.33. The van der Waals surface area contributed by atoms with E-state index < -0.39 is 29.4 Å². The Morgan fingerprint density at radius 3 is 2.21 bits per heavy atom. The summed E-state index contributed by atoms with van der Waals surface area (Å²) in [5.74, 6) is -1.72. The topological polar surface area (TPSA) is 134 Å². The maximum atomic E-state index is 12.2. The lowest BCUT2D eigenvalue weighted by Gasteiger charge is -2.12. The molecule has 0 aliphatic heterocycles. The highest BCUT2D eigenvalue weighted by Crippen LogP contribution is 2.20. The van der Waals surface area contributed by atoms with Gasteiger partial charge < -0.3 is 19.5 Å². The standard InChI is InChI=1S/C18H16N2O8/c1-26-17(22)11-3-8-14(18(23)27-2)15(9-11)19-16(21)10-28-13-6-4-12(5-7-13)20(24)25/h3-9H,10H2,1-2H3,(H,19,21). The van der Waals surface area contributed by atoms with Gasteiger partial charge in [0.05, 0.1) is 36.0 Å². The monoisotopic (exact) mass is 388 g/mol. The maximum Gasteiger partial charge on any atom is 0.339 e. The van der Waals surface area contributed by atoms with Gasteiger partial charge in [0.2, 0.25) is 0 Å². The lowest BCUT2D eigenvalue weighted by molar-refractivity contribution is -0.384. The Morgan fingerprint density at radius 1 is 1.00 bits per heavy atom. The maximum absolute atomic E-state index is 12.2. The molecule has 2 rings (SSSR count). The van der Waals surface area contributed by atoms with Crippen molar-refractivity contribution in [3.63, 3.8) is 0 Å². The molecule has 0 atom stereocenters. The minimum atomic E-state index is -0.706. The first-order valence-electron chi connectivity index (χ1n) is 7.83. The van der Waals surface area contributed by atoms with E-state index in [9.17, 15) is 24.5 Å². The van der Waals surface area contributed by atoms with Gasteiger partial charge in [0.1, 0.15) is 5.75 Å². The van der Waals surface area contributed by atoms with E-state index in [4.69, 9.17) is 4.74 Å². The zero-order valence-corrected chi connectivity index (χ0v) is 15.0. The van der Waals surface area contributed by atoms with E-state index in [1.807, 2.05) is 0 Å². The number of carbonyl (C=O) groups is 3. The summed E-state index contributed by atoms with van der Waals surface area (Å²) < 4.78 is 14.5. The van der Waals surface area contributed by atoms with Gasteiger partial charge in [-0.05, 0) is 30.3 Å². The number of amides is 1. The van der Waals surface area contributed by atoms with Crippen LogP contribution in [0, 0.1) is 10.1 Å². The van der Waals surface area contributed by atoms with Crippen molar-refractivity contribution in [2.24, 2.45) is 0 Å². The van der Waals surface area contributed by atoms with E-state index in [0.717, 1.165) is 0 Å². The van der Waals surface area contributed by atoms with Crippen LogP contribution in [0.15, 0.2) is 42.5 Å². The number of anilines is 1. The molecule has 10 heteroatoms. The molecule has 0 bridgehead atoms. The number of nitro benzene ring substituents is 1. The number of nitro groups is 1. The van der Waals surface area contributed by atoms with Gasteiger partial charge in [0.15, 0.2) is 6.61 Å². The molecular formula is C18H16N2O8. The van der Waals surface area contributed by atoms with Crippen LogP contribution in [0.3, 0.4) is 0 Å². The number of nitrogens with one attached hydrogen (secondary N) is 1. The average molecular weight is 388 g/mol. The highest BCUT2D eigenvalue weighted by Gasteiger charge is 2.17. The zero-order chi connectivity index (χ0) is 20.7. The molecule has 2 aromatic rings. The molecule has 1 N–H and O–H groups in total. The zero-order valence-electron chi connectivity index (χ0n) is 15.0. The van der Waals surface area contributed by atoms with Crippen molar-refractivity contribution in [3.05, 3.63) is 63.7 Å². The van der Waals surface area contributed by atoms with Crippen molar-refractivity contribution < 1.29 is 33.5 Å². The number of non-ortho nitro benzene ring substituents is 1. The molecule has 0 aromatic heterocycles. The van der Waals surface area contributed by atoms with Crippen molar-refractivity contribution in [1.29, 1.82) is 0 Å². The van der Waals surface area contributed by atoms with Gasteiger partial charge in [-0.3, -0.25) is 14.9 Å². The number of carbonyl (C=O) groups excluding carboxylic acids is 3. The lowest BCUT2D eigenvalue weighted by Crippen LogP contribution is -2.22. The second-order valence-electron chi connectivity index (χ2n) is 5.33. The molecule has 0 radical (unpaired) electrons. The Balaban J connectivity index is 2.11. The summed E-state index contributed by atoms with van der Waals surface area (Å²) in [6.07, 6.45) is 0. The van der Waals surface area contributed by atoms with Crippen molar-refractivity contribution in [2.45, 2.75) is 0 Å². The summed E-state index contributed by atoms with van der Waals surface area (Å²) >= 11 is 0. The lowest BCUT2D eigenvalue weighted by atomic mass is 10.1. The number of esters is 2. The Morgan fingerprint density at radius 2 is 1.64 bits per heavy atom. The van der Waals surface area contributed by atoms with Crippen molar-refractivity contribution in [2.75, 3.05) is 26.1 Å². The fourth-order valence-electron chi connectivity index (χ4n) is 2.18. The first kappa shape index (κ1) is 20.4. The minimum Gasteiger partial charge on any atom is -0.484 e. The first-order chi connectivity index (χ1) is 13.3. The molecule has 0 spiro atoms. The second kappa shape index (κ2) is 9.12. The Labute approximate surface area is 159 Å². The van der Waals surface area contributed by atoms with Crippen LogP contribution in [-0.4, -0.2) is 43.6 Å². The van der Waals surface area contributed by atoms with E-state index in [-0.39, 0.29) is 28.3 Å². The SMILES string of the molecule is COC(=O)c1ccc(C(=O)OC)c(NC(=O)COc2ccc([N+](=O)[O-])cc2)c1. The van der Waals surface area contributed by atoms with Crippen LogP contribution in [0.5, 0.6) is 5.75 Å². The molecule has 1 amide bonds. The van der Waals surface area contributed by atoms with Crippen LogP contribution in [0.25, 0.3) is 0 Å². The van der Waals surface area contributed by atoms with Crippen LogP contribution < -0.4 is 10.1 Å². The normalized spacial score (nSPS) is 9.93. The van der Waals surface area contributed by atoms with Gasteiger partial charge in [-0.1, -0.05) is 0 Å². The summed E-state index contributed by atoms with van der Waals surface area (Å²) in [5.41, 5.74) is 0.103. The minimum absolute atomic E-state index is 0.0406.